The van der Waals surface area contributed by atoms with Crippen LogP contribution in [0.1, 0.15) is 5.82 Å². The number of nitrogens with one attached hydrogen (secondary N) is 1. The Morgan fingerprint density at radius 1 is 1.41 bits per heavy atom. The Hall–Kier alpha value is -2.50. The summed E-state index contributed by atoms with van der Waals surface area (Å²) < 4.78 is 1.43. The molecule has 3 rings (SSSR count). The first kappa shape index (κ1) is 9.71. The molecule has 0 radical (unpaired) electrons. The molecule has 3 aromatic heterocycles. The maximum Gasteiger partial charge on any atom is 0.349 e. The number of H-pyrrole nitrogens is 1. The van der Waals surface area contributed by atoms with Crippen LogP contribution in [0.25, 0.3) is 16.9 Å². The number of aromatic nitrogens is 5. The van der Waals surface area contributed by atoms with Crippen molar-refractivity contribution in [3.05, 3.63) is 46.9 Å². The van der Waals surface area contributed by atoms with Gasteiger partial charge in [-0.2, -0.15) is 5.10 Å². The summed E-state index contributed by atoms with van der Waals surface area (Å²) in [4.78, 5) is 19.8. The Morgan fingerprint density at radius 2 is 2.29 bits per heavy atom. The molecule has 0 aliphatic heterocycles. The van der Waals surface area contributed by atoms with Gasteiger partial charge in [0.1, 0.15) is 5.82 Å². The number of aryl methyl sites for hydroxylation is 1. The maximum atomic E-state index is 11.4. The van der Waals surface area contributed by atoms with Crippen LogP contribution in [0.2, 0.25) is 0 Å². The van der Waals surface area contributed by atoms with E-state index in [2.05, 4.69) is 20.2 Å². The lowest BCUT2D eigenvalue weighted by Gasteiger charge is -2.02. The summed E-state index contributed by atoms with van der Waals surface area (Å²) >= 11 is 0. The quantitative estimate of drug-likeness (QED) is 0.666. The van der Waals surface area contributed by atoms with Gasteiger partial charge in [0.25, 0.3) is 0 Å². The molecule has 3 heterocycles. The second-order valence-corrected chi connectivity index (χ2v) is 3.65. The van der Waals surface area contributed by atoms with E-state index in [4.69, 9.17) is 0 Å². The molecule has 0 saturated heterocycles. The molecule has 1 N–H and O–H groups in total. The van der Waals surface area contributed by atoms with Crippen molar-refractivity contribution in [1.82, 2.24) is 24.6 Å². The summed E-state index contributed by atoms with van der Waals surface area (Å²) in [6, 6.07) is 5.51. The van der Waals surface area contributed by atoms with Gasteiger partial charge < -0.3 is 0 Å². The van der Waals surface area contributed by atoms with Crippen LogP contribution in [-0.2, 0) is 0 Å². The van der Waals surface area contributed by atoms with Gasteiger partial charge in [-0.1, -0.05) is 0 Å². The van der Waals surface area contributed by atoms with Gasteiger partial charge in [0.2, 0.25) is 0 Å². The molecule has 84 valence electrons. The lowest BCUT2D eigenvalue weighted by atomic mass is 10.2. The Labute approximate surface area is 96.0 Å². The fraction of sp³-hybridized carbons (Fsp3) is 0.0909. The molecule has 6 nitrogen and oxygen atoms in total. The number of nitrogens with zero attached hydrogens (tertiary/aromatic N) is 4. The van der Waals surface area contributed by atoms with Crippen LogP contribution in [0.3, 0.4) is 0 Å². The van der Waals surface area contributed by atoms with Crippen LogP contribution in [-0.4, -0.2) is 24.6 Å². The predicted molar refractivity (Wildman–Crippen MR) is 61.6 cm³/mol. The number of aromatic amines is 1. The normalized spacial score (nSPS) is 10.9. The molecule has 0 aromatic carbocycles. The van der Waals surface area contributed by atoms with Crippen molar-refractivity contribution in [2.45, 2.75) is 6.92 Å². The largest absolute Gasteiger partial charge is 0.349 e. The molecule has 6 heteroatoms. The number of hydrogen-bond donors (Lipinski definition) is 1. The Kier molecular flexibility index (Phi) is 2.01. The number of pyridine rings is 1. The smallest absolute Gasteiger partial charge is 0.264 e. The summed E-state index contributed by atoms with van der Waals surface area (Å²) in [5, 5.41) is 6.33. The maximum absolute atomic E-state index is 11.4. The van der Waals surface area contributed by atoms with Crippen molar-refractivity contribution < 1.29 is 0 Å². The van der Waals surface area contributed by atoms with Crippen LogP contribution in [0.5, 0.6) is 0 Å². The van der Waals surface area contributed by atoms with Gasteiger partial charge in [-0.25, -0.2) is 19.3 Å². The Balaban J connectivity index is 2.30. The number of rotatable bonds is 1. The summed E-state index contributed by atoms with van der Waals surface area (Å²) in [5.41, 5.74) is 1.93. The highest BCUT2D eigenvalue weighted by atomic mass is 16.1. The highest BCUT2D eigenvalue weighted by Crippen LogP contribution is 2.16. The van der Waals surface area contributed by atoms with E-state index in [1.54, 1.807) is 25.4 Å². The Morgan fingerprint density at radius 3 is 3.06 bits per heavy atom. The molecular formula is C11H9N5O. The first-order chi connectivity index (χ1) is 8.25. The third kappa shape index (κ3) is 1.50. The van der Waals surface area contributed by atoms with E-state index in [9.17, 15) is 4.79 Å². The third-order valence-electron chi connectivity index (χ3n) is 2.53. The fourth-order valence-corrected chi connectivity index (χ4v) is 1.76. The summed E-state index contributed by atoms with van der Waals surface area (Å²) in [5.74, 6) is 0.597. The molecule has 0 atom stereocenters. The zero-order valence-electron chi connectivity index (χ0n) is 9.08. The molecule has 3 aromatic rings. The lowest BCUT2D eigenvalue weighted by Crippen LogP contribution is -2.13. The molecule has 0 saturated carbocycles. The van der Waals surface area contributed by atoms with Crippen LogP contribution >= 0.6 is 0 Å². The first-order valence-corrected chi connectivity index (χ1v) is 5.11. The molecule has 0 bridgehead atoms. The van der Waals surface area contributed by atoms with E-state index in [1.807, 2.05) is 12.1 Å². The molecule has 0 aliphatic carbocycles. The summed E-state index contributed by atoms with van der Waals surface area (Å²) in [6.07, 6.45) is 3.43. The SMILES string of the molecule is Cc1nc(-c2cccnc2)cc2n[nH]c(=O)n12. The highest BCUT2D eigenvalue weighted by molar-refractivity contribution is 5.62. The minimum Gasteiger partial charge on any atom is -0.264 e. The standard InChI is InChI=1S/C11H9N5O/c1-7-13-9(8-3-2-4-12-6-8)5-10-14-15-11(17)16(7)10/h2-6H,1H3,(H,15,17). The zero-order chi connectivity index (χ0) is 11.8. The van der Waals surface area contributed by atoms with Gasteiger partial charge in [-0.05, 0) is 19.1 Å². The number of fused-ring (bicyclic) bond motifs is 1. The van der Waals surface area contributed by atoms with E-state index < -0.39 is 0 Å². The molecule has 17 heavy (non-hydrogen) atoms. The summed E-state index contributed by atoms with van der Waals surface area (Å²) in [7, 11) is 0. The van der Waals surface area contributed by atoms with Gasteiger partial charge in [0, 0.05) is 24.0 Å². The monoisotopic (exact) mass is 227 g/mol. The third-order valence-corrected chi connectivity index (χ3v) is 2.53. The molecule has 0 spiro atoms. The van der Waals surface area contributed by atoms with Crippen LogP contribution in [0.4, 0.5) is 0 Å². The topological polar surface area (TPSA) is 75.9 Å². The van der Waals surface area contributed by atoms with Gasteiger partial charge in [0.15, 0.2) is 5.65 Å². The van der Waals surface area contributed by atoms with E-state index in [-0.39, 0.29) is 5.69 Å². The predicted octanol–water partition coefficient (Wildman–Crippen LogP) is 0.788. The van der Waals surface area contributed by atoms with Crippen molar-refractivity contribution in [3.63, 3.8) is 0 Å². The molecule has 0 aliphatic rings. The highest BCUT2D eigenvalue weighted by Gasteiger charge is 2.07. The van der Waals surface area contributed by atoms with Gasteiger partial charge in [0.05, 0.1) is 5.69 Å². The molecule has 0 unspecified atom stereocenters. The van der Waals surface area contributed by atoms with Gasteiger partial charge in [-0.15, -0.1) is 0 Å². The average molecular weight is 227 g/mol. The van der Waals surface area contributed by atoms with Gasteiger partial charge in [-0.3, -0.25) is 4.98 Å². The lowest BCUT2D eigenvalue weighted by molar-refractivity contribution is 0.938. The Bertz CT molecular complexity index is 728. The van der Waals surface area contributed by atoms with E-state index in [0.29, 0.717) is 11.5 Å². The summed E-state index contributed by atoms with van der Waals surface area (Å²) in [6.45, 7) is 1.77. The average Bonchev–Trinajstić information content (AvgIpc) is 2.73. The second kappa shape index (κ2) is 3.51. The van der Waals surface area contributed by atoms with Crippen LogP contribution in [0.15, 0.2) is 35.4 Å². The molecule has 0 fully saturated rings. The number of hydrogen-bond acceptors (Lipinski definition) is 4. The van der Waals surface area contributed by atoms with E-state index in [1.165, 1.54) is 4.40 Å². The van der Waals surface area contributed by atoms with Crippen molar-refractivity contribution in [3.8, 4) is 11.3 Å². The van der Waals surface area contributed by atoms with Crippen molar-refractivity contribution in [1.29, 1.82) is 0 Å². The fourth-order valence-electron chi connectivity index (χ4n) is 1.76. The first-order valence-electron chi connectivity index (χ1n) is 5.11. The van der Waals surface area contributed by atoms with Crippen molar-refractivity contribution in [2.24, 2.45) is 0 Å². The van der Waals surface area contributed by atoms with E-state index >= 15 is 0 Å². The zero-order valence-corrected chi connectivity index (χ0v) is 9.08. The molecule has 0 amide bonds. The minimum atomic E-state index is -0.275. The van der Waals surface area contributed by atoms with Crippen LogP contribution < -0.4 is 5.69 Å². The van der Waals surface area contributed by atoms with Crippen molar-refractivity contribution >= 4 is 5.65 Å². The van der Waals surface area contributed by atoms with E-state index in [0.717, 1.165) is 11.3 Å². The van der Waals surface area contributed by atoms with Crippen LogP contribution in [0, 0.1) is 6.92 Å². The minimum absolute atomic E-state index is 0.275. The molecular weight excluding hydrogens is 218 g/mol. The second-order valence-electron chi connectivity index (χ2n) is 3.65. The van der Waals surface area contributed by atoms with Crippen molar-refractivity contribution in [2.75, 3.05) is 0 Å². The van der Waals surface area contributed by atoms with Gasteiger partial charge >= 0.3 is 5.69 Å².